The summed E-state index contributed by atoms with van der Waals surface area (Å²) in [6, 6.07) is 11.6. The lowest BCUT2D eigenvalue weighted by molar-refractivity contribution is -0.144. The fourth-order valence-electron chi connectivity index (χ4n) is 3.67. The first-order chi connectivity index (χ1) is 12.0. The summed E-state index contributed by atoms with van der Waals surface area (Å²) in [5, 5.41) is 14.9. The van der Waals surface area contributed by atoms with Crippen LogP contribution >= 0.6 is 11.6 Å². The first-order valence-electron chi connectivity index (χ1n) is 8.67. The molecule has 0 aromatic heterocycles. The third-order valence-corrected chi connectivity index (χ3v) is 5.51. The zero-order chi connectivity index (χ0) is 18.0. The molecule has 1 amide bonds. The van der Waals surface area contributed by atoms with E-state index in [1.54, 1.807) is 0 Å². The molecule has 132 valence electrons. The van der Waals surface area contributed by atoms with Crippen molar-refractivity contribution in [2.75, 3.05) is 0 Å². The van der Waals surface area contributed by atoms with Gasteiger partial charge >= 0.3 is 5.97 Å². The number of carbonyl (C=O) groups is 2. The van der Waals surface area contributed by atoms with Gasteiger partial charge in [-0.3, -0.25) is 9.59 Å². The number of fused-ring (bicyclic) bond motifs is 1. The van der Waals surface area contributed by atoms with E-state index in [1.807, 2.05) is 43.3 Å². The molecule has 25 heavy (non-hydrogen) atoms. The average Bonchev–Trinajstić information content (AvgIpc) is 2.62. The Bertz CT molecular complexity index is 797. The molecule has 1 unspecified atom stereocenters. The molecule has 1 saturated carbocycles. The van der Waals surface area contributed by atoms with Crippen LogP contribution in [-0.2, 0) is 9.59 Å². The van der Waals surface area contributed by atoms with E-state index in [0.29, 0.717) is 30.7 Å². The number of rotatable bonds is 4. The van der Waals surface area contributed by atoms with Gasteiger partial charge < -0.3 is 10.4 Å². The lowest BCUT2D eigenvalue weighted by Crippen LogP contribution is -2.35. The molecule has 1 aliphatic rings. The Hall–Kier alpha value is -2.07. The highest BCUT2D eigenvalue weighted by Gasteiger charge is 2.30. The lowest BCUT2D eigenvalue weighted by Gasteiger charge is -2.27. The maximum atomic E-state index is 12.6. The Morgan fingerprint density at radius 1 is 1.04 bits per heavy atom. The second-order valence-electron chi connectivity index (χ2n) is 6.80. The van der Waals surface area contributed by atoms with Crippen LogP contribution in [0, 0.1) is 11.8 Å². The fraction of sp³-hybridized carbons (Fsp3) is 0.400. The Balaban J connectivity index is 1.71. The van der Waals surface area contributed by atoms with Gasteiger partial charge in [0.15, 0.2) is 0 Å². The van der Waals surface area contributed by atoms with Gasteiger partial charge in [-0.1, -0.05) is 41.9 Å². The molecule has 0 saturated heterocycles. The molecule has 1 fully saturated rings. The van der Waals surface area contributed by atoms with Crippen LogP contribution in [0.5, 0.6) is 0 Å². The number of hydrogen-bond donors (Lipinski definition) is 2. The maximum absolute atomic E-state index is 12.6. The van der Waals surface area contributed by atoms with Crippen molar-refractivity contribution in [3.05, 3.63) is 47.0 Å². The number of benzene rings is 2. The molecule has 2 aromatic carbocycles. The number of hydrogen-bond acceptors (Lipinski definition) is 2. The minimum atomic E-state index is -0.750. The van der Waals surface area contributed by atoms with Gasteiger partial charge in [-0.15, -0.1) is 0 Å². The van der Waals surface area contributed by atoms with Crippen molar-refractivity contribution in [2.24, 2.45) is 11.8 Å². The van der Waals surface area contributed by atoms with Crippen molar-refractivity contribution < 1.29 is 14.7 Å². The standard InChI is InChI=1S/C20H22ClNO3/c1-12(15-10-11-18(21)17-5-3-2-4-16(15)17)22-19(23)13-6-8-14(9-7-13)20(24)25/h2-5,10-14H,6-9H2,1H3,(H,22,23)(H,24,25). The molecule has 2 N–H and O–H groups in total. The first kappa shape index (κ1) is 17.7. The largest absolute Gasteiger partial charge is 0.481 e. The molecule has 0 bridgehead atoms. The highest BCUT2D eigenvalue weighted by Crippen LogP contribution is 2.32. The Morgan fingerprint density at radius 2 is 1.64 bits per heavy atom. The van der Waals surface area contributed by atoms with Crippen molar-refractivity contribution in [3.63, 3.8) is 0 Å². The van der Waals surface area contributed by atoms with E-state index < -0.39 is 5.97 Å². The van der Waals surface area contributed by atoms with Gasteiger partial charge in [0.2, 0.25) is 5.91 Å². The van der Waals surface area contributed by atoms with Crippen LogP contribution in [0.15, 0.2) is 36.4 Å². The predicted octanol–water partition coefficient (Wildman–Crippen LogP) is 4.56. The number of carboxylic acids is 1. The van der Waals surface area contributed by atoms with E-state index in [1.165, 1.54) is 0 Å². The summed E-state index contributed by atoms with van der Waals surface area (Å²) in [5.41, 5.74) is 1.03. The van der Waals surface area contributed by atoms with Crippen LogP contribution in [0.3, 0.4) is 0 Å². The molecular formula is C20H22ClNO3. The number of halogens is 1. The minimum absolute atomic E-state index is 0.00960. The van der Waals surface area contributed by atoms with Gasteiger partial charge in [0, 0.05) is 16.3 Å². The average molecular weight is 360 g/mol. The second kappa shape index (κ2) is 7.44. The quantitative estimate of drug-likeness (QED) is 0.840. The lowest BCUT2D eigenvalue weighted by atomic mass is 9.81. The summed E-state index contributed by atoms with van der Waals surface area (Å²) in [4.78, 5) is 23.6. The summed E-state index contributed by atoms with van der Waals surface area (Å²) < 4.78 is 0. The highest BCUT2D eigenvalue weighted by molar-refractivity contribution is 6.35. The third-order valence-electron chi connectivity index (χ3n) is 5.18. The fourth-order valence-corrected chi connectivity index (χ4v) is 3.90. The first-order valence-corrected chi connectivity index (χ1v) is 9.05. The molecule has 0 spiro atoms. The normalized spacial score (nSPS) is 21.7. The molecule has 0 aliphatic heterocycles. The molecular weight excluding hydrogens is 338 g/mol. The molecule has 0 radical (unpaired) electrons. The molecule has 1 atom stereocenters. The minimum Gasteiger partial charge on any atom is -0.481 e. The summed E-state index contributed by atoms with van der Waals surface area (Å²) in [7, 11) is 0. The van der Waals surface area contributed by atoms with Crippen LogP contribution in [0.25, 0.3) is 10.8 Å². The number of aliphatic carboxylic acids is 1. The van der Waals surface area contributed by atoms with Gasteiger partial charge in [-0.05, 0) is 49.6 Å². The van der Waals surface area contributed by atoms with Crippen LogP contribution in [0.2, 0.25) is 5.02 Å². The topological polar surface area (TPSA) is 66.4 Å². The van der Waals surface area contributed by atoms with Crippen LogP contribution < -0.4 is 5.32 Å². The van der Waals surface area contributed by atoms with E-state index >= 15 is 0 Å². The van der Waals surface area contributed by atoms with E-state index in [-0.39, 0.29) is 23.8 Å². The monoisotopic (exact) mass is 359 g/mol. The van der Waals surface area contributed by atoms with Crippen molar-refractivity contribution in [3.8, 4) is 0 Å². The van der Waals surface area contributed by atoms with Crippen LogP contribution in [-0.4, -0.2) is 17.0 Å². The molecule has 4 nitrogen and oxygen atoms in total. The zero-order valence-corrected chi connectivity index (χ0v) is 14.9. The van der Waals surface area contributed by atoms with E-state index in [9.17, 15) is 9.59 Å². The van der Waals surface area contributed by atoms with Gasteiger partial charge in [0.25, 0.3) is 0 Å². The number of nitrogens with one attached hydrogen (secondary N) is 1. The van der Waals surface area contributed by atoms with Crippen molar-refractivity contribution in [1.82, 2.24) is 5.32 Å². The molecule has 2 aromatic rings. The SMILES string of the molecule is CC(NC(=O)C1CCC(C(=O)O)CC1)c1ccc(Cl)c2ccccc12. The highest BCUT2D eigenvalue weighted by atomic mass is 35.5. The van der Waals surface area contributed by atoms with Crippen LogP contribution in [0.4, 0.5) is 0 Å². The molecule has 1 aliphatic carbocycles. The summed E-state index contributed by atoms with van der Waals surface area (Å²) in [6.07, 6.45) is 2.42. The maximum Gasteiger partial charge on any atom is 0.306 e. The van der Waals surface area contributed by atoms with E-state index in [2.05, 4.69) is 5.32 Å². The van der Waals surface area contributed by atoms with E-state index in [4.69, 9.17) is 16.7 Å². The summed E-state index contributed by atoms with van der Waals surface area (Å²) in [5.74, 6) is -1.14. The Kier molecular flexibility index (Phi) is 5.28. The molecule has 3 rings (SSSR count). The smallest absolute Gasteiger partial charge is 0.306 e. The van der Waals surface area contributed by atoms with Gasteiger partial charge in [0.1, 0.15) is 0 Å². The predicted molar refractivity (Wildman–Crippen MR) is 98.6 cm³/mol. The third kappa shape index (κ3) is 3.79. The Labute approximate surface area is 152 Å². The summed E-state index contributed by atoms with van der Waals surface area (Å²) in [6.45, 7) is 1.97. The Morgan fingerprint density at radius 3 is 2.28 bits per heavy atom. The second-order valence-corrected chi connectivity index (χ2v) is 7.21. The van der Waals surface area contributed by atoms with Gasteiger partial charge in [-0.25, -0.2) is 0 Å². The van der Waals surface area contributed by atoms with Crippen molar-refractivity contribution in [1.29, 1.82) is 0 Å². The number of carboxylic acid groups (broad SMARTS) is 1. The van der Waals surface area contributed by atoms with E-state index in [0.717, 1.165) is 16.3 Å². The van der Waals surface area contributed by atoms with Crippen molar-refractivity contribution in [2.45, 2.75) is 38.6 Å². The number of carbonyl (C=O) groups excluding carboxylic acids is 1. The zero-order valence-electron chi connectivity index (χ0n) is 14.2. The summed E-state index contributed by atoms with van der Waals surface area (Å²) >= 11 is 6.27. The van der Waals surface area contributed by atoms with Gasteiger partial charge in [0.05, 0.1) is 12.0 Å². The number of amides is 1. The molecule has 5 heteroatoms. The van der Waals surface area contributed by atoms with Gasteiger partial charge in [-0.2, -0.15) is 0 Å². The van der Waals surface area contributed by atoms with Crippen molar-refractivity contribution >= 4 is 34.2 Å². The van der Waals surface area contributed by atoms with Crippen LogP contribution in [0.1, 0.15) is 44.2 Å². The molecule has 0 heterocycles.